The van der Waals surface area contributed by atoms with Crippen molar-refractivity contribution in [3.63, 3.8) is 0 Å². The minimum absolute atomic E-state index is 0.0171. The summed E-state index contributed by atoms with van der Waals surface area (Å²) in [5.74, 6) is 0.192. The third kappa shape index (κ3) is 5.39. The second kappa shape index (κ2) is 10.3. The number of nitrogens with zero attached hydrogens (tertiary/aromatic N) is 5. The predicted octanol–water partition coefficient (Wildman–Crippen LogP) is 4.17. The maximum Gasteiger partial charge on any atom is 0.238 e. The van der Waals surface area contributed by atoms with Crippen LogP contribution in [0.4, 0.5) is 15.9 Å². The molecule has 9 heteroatoms. The van der Waals surface area contributed by atoms with Crippen molar-refractivity contribution in [2.75, 3.05) is 42.9 Å². The maximum atomic E-state index is 13.3. The molecule has 1 fully saturated rings. The van der Waals surface area contributed by atoms with E-state index in [9.17, 15) is 9.18 Å². The number of halogens is 2. The van der Waals surface area contributed by atoms with Crippen molar-refractivity contribution in [3.05, 3.63) is 89.1 Å². The number of hydrogen-bond donors (Lipinski definition) is 1. The summed E-state index contributed by atoms with van der Waals surface area (Å²) < 4.78 is 13.3. The number of pyridine rings is 1. The van der Waals surface area contributed by atoms with Gasteiger partial charge in [0.05, 0.1) is 17.3 Å². The number of hydrogen-bond acceptors (Lipinski definition) is 6. The van der Waals surface area contributed by atoms with Crippen LogP contribution in [0.1, 0.15) is 11.3 Å². The SMILES string of the molecule is O=C(CN1CCN(c2nnc(Cc3ccncc3)c3ccccc23)CC1)Nc1ccc(F)c(Cl)c1. The van der Waals surface area contributed by atoms with Crippen LogP contribution in [0.5, 0.6) is 0 Å². The molecule has 2 aromatic heterocycles. The molecule has 1 amide bonds. The number of fused-ring (bicyclic) bond motifs is 1. The third-order valence-electron chi connectivity index (χ3n) is 6.11. The summed E-state index contributed by atoms with van der Waals surface area (Å²) >= 11 is 5.80. The number of piperazine rings is 1. The molecule has 0 aliphatic carbocycles. The van der Waals surface area contributed by atoms with E-state index in [2.05, 4.69) is 42.4 Å². The molecule has 0 spiro atoms. The number of rotatable bonds is 6. The van der Waals surface area contributed by atoms with Gasteiger partial charge in [0, 0.05) is 61.5 Å². The molecular weight excluding hydrogens is 467 g/mol. The van der Waals surface area contributed by atoms with Crippen LogP contribution in [-0.4, -0.2) is 58.7 Å². The number of nitrogens with one attached hydrogen (secondary N) is 1. The van der Waals surface area contributed by atoms with Gasteiger partial charge in [-0.1, -0.05) is 35.9 Å². The standard InChI is InChI=1S/C26H24ClFN6O/c27-22-16-19(5-6-23(22)28)30-25(35)17-33-11-13-34(14-12-33)26-21-4-2-1-3-20(21)24(31-32-26)15-18-7-9-29-10-8-18/h1-10,16H,11-15,17H2,(H,30,35). The lowest BCUT2D eigenvalue weighted by molar-refractivity contribution is -0.117. The molecule has 0 atom stereocenters. The highest BCUT2D eigenvalue weighted by Crippen LogP contribution is 2.28. The molecule has 4 aromatic rings. The monoisotopic (exact) mass is 490 g/mol. The van der Waals surface area contributed by atoms with Crippen LogP contribution in [0.25, 0.3) is 10.8 Å². The smallest absolute Gasteiger partial charge is 0.238 e. The van der Waals surface area contributed by atoms with Crippen LogP contribution in [0.3, 0.4) is 0 Å². The molecule has 35 heavy (non-hydrogen) atoms. The van der Waals surface area contributed by atoms with Crippen molar-refractivity contribution in [1.29, 1.82) is 0 Å². The summed E-state index contributed by atoms with van der Waals surface area (Å²) in [6.07, 6.45) is 4.26. The zero-order chi connectivity index (χ0) is 24.2. The first kappa shape index (κ1) is 23.1. The first-order chi connectivity index (χ1) is 17.1. The molecule has 0 bridgehead atoms. The van der Waals surface area contributed by atoms with E-state index in [1.165, 1.54) is 18.2 Å². The van der Waals surface area contributed by atoms with E-state index in [0.717, 1.165) is 40.9 Å². The van der Waals surface area contributed by atoms with Crippen LogP contribution in [0, 0.1) is 5.82 Å². The van der Waals surface area contributed by atoms with E-state index in [0.29, 0.717) is 25.2 Å². The fourth-order valence-electron chi connectivity index (χ4n) is 4.30. The topological polar surface area (TPSA) is 74.2 Å². The molecule has 0 unspecified atom stereocenters. The fraction of sp³-hybridized carbons (Fsp3) is 0.231. The highest BCUT2D eigenvalue weighted by molar-refractivity contribution is 6.31. The number of amides is 1. The van der Waals surface area contributed by atoms with Gasteiger partial charge in [-0.2, -0.15) is 5.10 Å². The average Bonchev–Trinajstić information content (AvgIpc) is 2.88. The Balaban J connectivity index is 1.24. The first-order valence-corrected chi connectivity index (χ1v) is 11.8. The molecule has 3 heterocycles. The number of anilines is 2. The Kier molecular flexibility index (Phi) is 6.83. The molecule has 1 aliphatic rings. The molecule has 178 valence electrons. The van der Waals surface area contributed by atoms with Crippen LogP contribution >= 0.6 is 11.6 Å². The van der Waals surface area contributed by atoms with Gasteiger partial charge in [0.25, 0.3) is 0 Å². The summed E-state index contributed by atoms with van der Waals surface area (Å²) in [5.41, 5.74) is 2.56. The summed E-state index contributed by atoms with van der Waals surface area (Å²) in [7, 11) is 0. The van der Waals surface area contributed by atoms with E-state index in [4.69, 9.17) is 11.6 Å². The summed E-state index contributed by atoms with van der Waals surface area (Å²) in [6, 6.07) is 16.4. The third-order valence-corrected chi connectivity index (χ3v) is 6.40. The lowest BCUT2D eigenvalue weighted by atomic mass is 10.0. The molecule has 2 aromatic carbocycles. The Morgan fingerprint density at radius 1 is 0.971 bits per heavy atom. The van der Waals surface area contributed by atoms with Crippen LogP contribution in [0.15, 0.2) is 67.0 Å². The van der Waals surface area contributed by atoms with E-state index in [-0.39, 0.29) is 17.5 Å². The van der Waals surface area contributed by atoms with Crippen LogP contribution in [0.2, 0.25) is 5.02 Å². The number of carbonyl (C=O) groups excluding carboxylic acids is 1. The van der Waals surface area contributed by atoms with Gasteiger partial charge in [-0.25, -0.2) is 4.39 Å². The van der Waals surface area contributed by atoms with Gasteiger partial charge < -0.3 is 10.2 Å². The molecule has 0 saturated carbocycles. The number of carbonyl (C=O) groups is 1. The largest absolute Gasteiger partial charge is 0.352 e. The Morgan fingerprint density at radius 3 is 2.46 bits per heavy atom. The van der Waals surface area contributed by atoms with Crippen LogP contribution < -0.4 is 10.2 Å². The molecule has 1 aliphatic heterocycles. The second-order valence-corrected chi connectivity index (χ2v) is 8.90. The minimum Gasteiger partial charge on any atom is -0.352 e. The Bertz CT molecular complexity index is 1340. The molecule has 1 N–H and O–H groups in total. The van der Waals surface area contributed by atoms with Gasteiger partial charge in [-0.05, 0) is 35.9 Å². The van der Waals surface area contributed by atoms with E-state index >= 15 is 0 Å². The fourth-order valence-corrected chi connectivity index (χ4v) is 4.48. The van der Waals surface area contributed by atoms with Gasteiger partial charge in [-0.3, -0.25) is 14.7 Å². The highest BCUT2D eigenvalue weighted by atomic mass is 35.5. The molecule has 1 saturated heterocycles. The van der Waals surface area contributed by atoms with Gasteiger partial charge in [-0.15, -0.1) is 5.10 Å². The summed E-state index contributed by atoms with van der Waals surface area (Å²) in [4.78, 5) is 20.9. The van der Waals surface area contributed by atoms with Crippen molar-refractivity contribution in [1.82, 2.24) is 20.1 Å². The van der Waals surface area contributed by atoms with E-state index < -0.39 is 5.82 Å². The highest BCUT2D eigenvalue weighted by Gasteiger charge is 2.22. The average molecular weight is 491 g/mol. The van der Waals surface area contributed by atoms with Crippen molar-refractivity contribution in [2.24, 2.45) is 0 Å². The normalized spacial score (nSPS) is 14.3. The van der Waals surface area contributed by atoms with Crippen molar-refractivity contribution >= 4 is 39.8 Å². The Morgan fingerprint density at radius 2 is 1.71 bits per heavy atom. The summed E-state index contributed by atoms with van der Waals surface area (Å²) in [6.45, 7) is 3.15. The maximum absolute atomic E-state index is 13.3. The van der Waals surface area contributed by atoms with Gasteiger partial charge >= 0.3 is 0 Å². The van der Waals surface area contributed by atoms with Gasteiger partial charge in [0.15, 0.2) is 5.82 Å². The van der Waals surface area contributed by atoms with E-state index in [1.807, 2.05) is 24.3 Å². The van der Waals surface area contributed by atoms with Crippen molar-refractivity contribution in [2.45, 2.75) is 6.42 Å². The minimum atomic E-state index is -0.512. The lowest BCUT2D eigenvalue weighted by Gasteiger charge is -2.35. The first-order valence-electron chi connectivity index (χ1n) is 11.4. The molecule has 7 nitrogen and oxygen atoms in total. The molecule has 5 rings (SSSR count). The zero-order valence-corrected chi connectivity index (χ0v) is 19.7. The van der Waals surface area contributed by atoms with Gasteiger partial charge in [0.1, 0.15) is 5.82 Å². The quantitative estimate of drug-likeness (QED) is 0.437. The van der Waals surface area contributed by atoms with Gasteiger partial charge in [0.2, 0.25) is 5.91 Å². The lowest BCUT2D eigenvalue weighted by Crippen LogP contribution is -2.49. The second-order valence-electron chi connectivity index (χ2n) is 8.49. The Labute approximate surface area is 207 Å². The van der Waals surface area contributed by atoms with Crippen molar-refractivity contribution < 1.29 is 9.18 Å². The predicted molar refractivity (Wildman–Crippen MR) is 135 cm³/mol. The van der Waals surface area contributed by atoms with E-state index in [1.54, 1.807) is 12.4 Å². The Hall–Kier alpha value is -3.62. The number of aromatic nitrogens is 3. The van der Waals surface area contributed by atoms with Crippen LogP contribution in [-0.2, 0) is 11.2 Å². The summed E-state index contributed by atoms with van der Waals surface area (Å²) in [5, 5.41) is 14.1. The molecular formula is C26H24ClFN6O. The number of benzene rings is 2. The zero-order valence-electron chi connectivity index (χ0n) is 19.0. The van der Waals surface area contributed by atoms with Crippen molar-refractivity contribution in [3.8, 4) is 0 Å². The molecule has 0 radical (unpaired) electrons.